The van der Waals surface area contributed by atoms with Crippen molar-refractivity contribution in [3.05, 3.63) is 42.5 Å². The molecule has 2 aromatic carbocycles. The second-order valence-electron chi connectivity index (χ2n) is 9.08. The highest BCUT2D eigenvalue weighted by Crippen LogP contribution is 2.22. The average Bonchev–Trinajstić information content (AvgIpc) is 3.40. The van der Waals surface area contributed by atoms with E-state index in [-0.39, 0.29) is 23.6 Å². The molecule has 3 rings (SSSR count). The normalized spacial score (nSPS) is 16.6. The molecule has 1 saturated heterocycles. The van der Waals surface area contributed by atoms with Gasteiger partial charge in [-0.2, -0.15) is 4.72 Å². The predicted molar refractivity (Wildman–Crippen MR) is 144 cm³/mol. The number of fused-ring (bicyclic) bond motifs is 1. The Morgan fingerprint density at radius 3 is 2.63 bits per heavy atom. The standard InChI is InChI=1S/C25H35N7O5S/c26-23(33)12-11-21(31-38(36,37)20-10-9-18-6-1-2-7-19(18)16-20)25(35)32-15-5-8-22(32)24(34)29-14-4-3-13-28-17-30-27/h1-2,6-7,9-10,16-17,21-22,31H,3-5,8,11-15,27H2,(H2,26,33)(H,28,30)(H,29,34)/t21-,22-/m0/s1. The third-order valence-electron chi connectivity index (χ3n) is 6.32. The summed E-state index contributed by atoms with van der Waals surface area (Å²) in [6.45, 7) is 1.29. The van der Waals surface area contributed by atoms with Gasteiger partial charge < -0.3 is 21.4 Å². The first-order valence-electron chi connectivity index (χ1n) is 12.5. The highest BCUT2D eigenvalue weighted by molar-refractivity contribution is 7.89. The van der Waals surface area contributed by atoms with E-state index >= 15 is 0 Å². The monoisotopic (exact) mass is 545 g/mol. The first kappa shape index (κ1) is 29.0. The molecule has 0 unspecified atom stereocenters. The van der Waals surface area contributed by atoms with Gasteiger partial charge in [-0.3, -0.25) is 19.4 Å². The Bertz CT molecular complexity index is 1270. The number of carbonyl (C=O) groups is 3. The van der Waals surface area contributed by atoms with Gasteiger partial charge in [0, 0.05) is 26.1 Å². The van der Waals surface area contributed by atoms with E-state index in [0.29, 0.717) is 38.9 Å². The van der Waals surface area contributed by atoms with Gasteiger partial charge in [-0.25, -0.2) is 14.3 Å². The lowest BCUT2D eigenvalue weighted by molar-refractivity contribution is -0.139. The van der Waals surface area contributed by atoms with Crippen molar-refractivity contribution >= 4 is 44.9 Å². The van der Waals surface area contributed by atoms with Crippen LogP contribution in [-0.4, -0.2) is 69.1 Å². The summed E-state index contributed by atoms with van der Waals surface area (Å²) in [7, 11) is -4.11. The zero-order valence-corrected chi connectivity index (χ0v) is 22.0. The van der Waals surface area contributed by atoms with Crippen molar-refractivity contribution in [2.75, 3.05) is 19.6 Å². The summed E-state index contributed by atoms with van der Waals surface area (Å²) in [5, 5.41) is 4.45. The smallest absolute Gasteiger partial charge is 0.242 e. The van der Waals surface area contributed by atoms with Crippen LogP contribution in [0.4, 0.5) is 0 Å². The Morgan fingerprint density at radius 2 is 1.89 bits per heavy atom. The first-order chi connectivity index (χ1) is 18.2. The minimum atomic E-state index is -4.11. The average molecular weight is 546 g/mol. The van der Waals surface area contributed by atoms with Gasteiger partial charge in [-0.1, -0.05) is 30.3 Å². The number of likely N-dealkylation sites (tertiary alicyclic amines) is 1. The van der Waals surface area contributed by atoms with Crippen LogP contribution in [0.3, 0.4) is 0 Å². The number of unbranched alkanes of at least 4 members (excludes halogenated alkanes) is 1. The number of sulfonamides is 1. The molecule has 1 aliphatic heterocycles. The molecule has 7 N–H and O–H groups in total. The molecule has 12 nitrogen and oxygen atoms in total. The largest absolute Gasteiger partial charge is 0.370 e. The van der Waals surface area contributed by atoms with Crippen LogP contribution in [0.2, 0.25) is 0 Å². The summed E-state index contributed by atoms with van der Waals surface area (Å²) < 4.78 is 28.9. The van der Waals surface area contributed by atoms with E-state index in [4.69, 9.17) is 11.6 Å². The highest BCUT2D eigenvalue weighted by Gasteiger charge is 2.38. The topological polar surface area (TPSA) is 189 Å². The van der Waals surface area contributed by atoms with E-state index in [1.165, 1.54) is 23.4 Å². The maximum Gasteiger partial charge on any atom is 0.242 e. The molecule has 0 aliphatic carbocycles. The second-order valence-corrected chi connectivity index (χ2v) is 10.8. The molecule has 1 heterocycles. The van der Waals surface area contributed by atoms with Crippen LogP contribution in [0.5, 0.6) is 0 Å². The van der Waals surface area contributed by atoms with Gasteiger partial charge in [-0.05, 0) is 55.0 Å². The molecular weight excluding hydrogens is 510 g/mol. The van der Waals surface area contributed by atoms with Gasteiger partial charge in [0.15, 0.2) is 0 Å². The fourth-order valence-electron chi connectivity index (χ4n) is 4.39. The number of aliphatic imine (C=N–C) groups is 1. The SMILES string of the molecule is NNC=NCCCCNC(=O)[C@@H]1CCCN1C(=O)[C@H](CCC(N)=O)NS(=O)(=O)c1ccc2ccccc2c1. The number of hydrazine groups is 1. The van der Waals surface area contributed by atoms with Crippen molar-refractivity contribution in [1.82, 2.24) is 20.4 Å². The van der Waals surface area contributed by atoms with Crippen LogP contribution in [0.15, 0.2) is 52.4 Å². The summed E-state index contributed by atoms with van der Waals surface area (Å²) in [5.41, 5.74) is 7.61. The van der Waals surface area contributed by atoms with Crippen molar-refractivity contribution in [1.29, 1.82) is 0 Å². The first-order valence-corrected chi connectivity index (χ1v) is 14.0. The van der Waals surface area contributed by atoms with Crippen molar-refractivity contribution in [3.8, 4) is 0 Å². The molecule has 1 fully saturated rings. The predicted octanol–water partition coefficient (Wildman–Crippen LogP) is 0.131. The third kappa shape index (κ3) is 7.97. The molecule has 2 aromatic rings. The number of hydrogen-bond donors (Lipinski definition) is 5. The number of nitrogens with one attached hydrogen (secondary N) is 3. The number of nitrogens with zero attached hydrogens (tertiary/aromatic N) is 2. The number of primary amides is 1. The molecule has 2 atom stereocenters. The number of rotatable bonds is 14. The summed E-state index contributed by atoms with van der Waals surface area (Å²) in [6.07, 6.45) is 3.59. The molecule has 0 aromatic heterocycles. The maximum atomic E-state index is 13.5. The van der Waals surface area contributed by atoms with Gasteiger partial charge in [0.1, 0.15) is 12.1 Å². The van der Waals surface area contributed by atoms with Crippen LogP contribution in [0, 0.1) is 0 Å². The van der Waals surface area contributed by atoms with E-state index in [1.54, 1.807) is 18.2 Å². The van der Waals surface area contributed by atoms with Crippen molar-refractivity contribution in [2.45, 2.75) is 55.5 Å². The summed E-state index contributed by atoms with van der Waals surface area (Å²) in [6, 6.07) is 10.0. The summed E-state index contributed by atoms with van der Waals surface area (Å²) in [5.74, 6) is 3.59. The minimum absolute atomic E-state index is 0.00429. The Morgan fingerprint density at radius 1 is 1.13 bits per heavy atom. The molecule has 0 spiro atoms. The number of hydrogen-bond acceptors (Lipinski definition) is 7. The van der Waals surface area contributed by atoms with E-state index < -0.39 is 33.9 Å². The molecule has 3 amide bonds. The van der Waals surface area contributed by atoms with Gasteiger partial charge in [0.25, 0.3) is 0 Å². The molecule has 0 saturated carbocycles. The van der Waals surface area contributed by atoms with Crippen molar-refractivity contribution < 1.29 is 22.8 Å². The summed E-state index contributed by atoms with van der Waals surface area (Å²) >= 11 is 0. The molecular formula is C25H35N7O5S. The molecule has 0 radical (unpaired) electrons. The quantitative estimate of drug-likeness (QED) is 0.0733. The second kappa shape index (κ2) is 13.8. The van der Waals surface area contributed by atoms with E-state index in [9.17, 15) is 22.8 Å². The lowest BCUT2D eigenvalue weighted by atomic mass is 10.1. The lowest BCUT2D eigenvalue weighted by Crippen LogP contribution is -2.53. The molecule has 38 heavy (non-hydrogen) atoms. The molecule has 1 aliphatic rings. The van der Waals surface area contributed by atoms with Gasteiger partial charge in [-0.15, -0.1) is 0 Å². The van der Waals surface area contributed by atoms with Crippen LogP contribution in [-0.2, 0) is 24.4 Å². The van der Waals surface area contributed by atoms with E-state index in [2.05, 4.69) is 20.5 Å². The van der Waals surface area contributed by atoms with Gasteiger partial charge in [0.2, 0.25) is 27.7 Å². The molecule has 206 valence electrons. The fourth-order valence-corrected chi connectivity index (χ4v) is 5.65. The van der Waals surface area contributed by atoms with Crippen LogP contribution < -0.4 is 27.0 Å². The Labute approximate surface area is 222 Å². The third-order valence-corrected chi connectivity index (χ3v) is 7.79. The van der Waals surface area contributed by atoms with Crippen LogP contribution in [0.25, 0.3) is 10.8 Å². The van der Waals surface area contributed by atoms with Gasteiger partial charge >= 0.3 is 0 Å². The number of benzene rings is 2. The molecule has 13 heteroatoms. The van der Waals surface area contributed by atoms with Crippen molar-refractivity contribution in [2.24, 2.45) is 16.6 Å². The van der Waals surface area contributed by atoms with Gasteiger partial charge in [0.05, 0.1) is 11.2 Å². The Hall–Kier alpha value is -3.55. The highest BCUT2D eigenvalue weighted by atomic mass is 32.2. The zero-order valence-electron chi connectivity index (χ0n) is 21.1. The number of amides is 3. The van der Waals surface area contributed by atoms with E-state index in [0.717, 1.165) is 17.2 Å². The summed E-state index contributed by atoms with van der Waals surface area (Å²) in [4.78, 5) is 43.2. The number of nitrogens with two attached hydrogens (primary N) is 2. The lowest BCUT2D eigenvalue weighted by Gasteiger charge is -2.28. The van der Waals surface area contributed by atoms with E-state index in [1.807, 2.05) is 12.1 Å². The maximum absolute atomic E-state index is 13.5. The van der Waals surface area contributed by atoms with Crippen molar-refractivity contribution in [3.63, 3.8) is 0 Å². The minimum Gasteiger partial charge on any atom is -0.370 e. The fraction of sp³-hybridized carbons (Fsp3) is 0.440. The zero-order chi connectivity index (χ0) is 27.5. The number of carbonyl (C=O) groups excluding carboxylic acids is 3. The van der Waals surface area contributed by atoms with Crippen LogP contribution >= 0.6 is 0 Å². The van der Waals surface area contributed by atoms with Crippen LogP contribution in [0.1, 0.15) is 38.5 Å². The Kier molecular flexibility index (Phi) is 10.6. The Balaban J connectivity index is 1.69. The molecule has 0 bridgehead atoms.